The van der Waals surface area contributed by atoms with Gasteiger partial charge in [-0.1, -0.05) is 65.3 Å². The minimum Gasteiger partial charge on any atom is -0.352 e. The minimum atomic E-state index is -0.844. The zero-order chi connectivity index (χ0) is 32.1. The van der Waals surface area contributed by atoms with Crippen molar-refractivity contribution in [1.29, 1.82) is 0 Å². The Balaban J connectivity index is 1.34. The zero-order valence-corrected chi connectivity index (χ0v) is 26.9. The molecule has 2 bridgehead atoms. The zero-order valence-electron chi connectivity index (χ0n) is 26.1. The molecular formula is C34H40ClN5O4. The van der Waals surface area contributed by atoms with E-state index in [2.05, 4.69) is 16.0 Å². The number of nitrogens with one attached hydrogen (secondary N) is 3. The number of nitrogens with zero attached hydrogens (tertiary/aromatic N) is 2. The number of rotatable bonds is 6. The van der Waals surface area contributed by atoms with Crippen molar-refractivity contribution < 1.29 is 19.2 Å². The largest absolute Gasteiger partial charge is 0.352 e. The van der Waals surface area contributed by atoms with Crippen LogP contribution < -0.4 is 16.0 Å². The second-order valence-corrected chi connectivity index (χ2v) is 14.7. The molecule has 2 aliphatic carbocycles. The molecule has 0 spiro atoms. The number of benzene rings is 2. The van der Waals surface area contributed by atoms with Crippen LogP contribution in [0.5, 0.6) is 0 Å². The van der Waals surface area contributed by atoms with E-state index in [4.69, 9.17) is 16.7 Å². The van der Waals surface area contributed by atoms with Gasteiger partial charge in [-0.15, -0.1) is 0 Å². The van der Waals surface area contributed by atoms with E-state index in [0.29, 0.717) is 41.5 Å². The van der Waals surface area contributed by atoms with Gasteiger partial charge in [-0.25, -0.2) is 9.48 Å². The van der Waals surface area contributed by atoms with Gasteiger partial charge in [0.1, 0.15) is 17.4 Å². The van der Waals surface area contributed by atoms with Gasteiger partial charge in [-0.2, -0.15) is 5.10 Å². The van der Waals surface area contributed by atoms with Crippen LogP contribution in [0.25, 0.3) is 5.69 Å². The van der Waals surface area contributed by atoms with Gasteiger partial charge in [0.25, 0.3) is 0 Å². The Hall–Kier alpha value is -3.98. The van der Waals surface area contributed by atoms with Crippen LogP contribution in [-0.4, -0.2) is 33.3 Å². The van der Waals surface area contributed by atoms with Crippen molar-refractivity contribution in [1.82, 2.24) is 15.1 Å². The van der Waals surface area contributed by atoms with Crippen LogP contribution in [-0.2, 0) is 26.3 Å². The minimum absolute atomic E-state index is 0.0402. The van der Waals surface area contributed by atoms with E-state index in [9.17, 15) is 19.2 Å². The Morgan fingerprint density at radius 1 is 0.909 bits per heavy atom. The van der Waals surface area contributed by atoms with Gasteiger partial charge in [0.2, 0.25) is 5.91 Å². The van der Waals surface area contributed by atoms with Gasteiger partial charge in [-0.05, 0) is 61.2 Å². The standard InChI is InChI=1S/C34H40ClN5O4/c1-31(2,3)25-15-28(38-30(44)37-23-12-10-22(35)11-13-23)40(39-25)24-9-7-8-21(14-24)17-36-29(43)34(6)19-32(4)18-33(5,20-34)27(42)16-26(32)41/h7-15H,16-20H2,1-6H3,(H,36,43)(H2,37,38,44). The molecular weight excluding hydrogens is 578 g/mol. The average molecular weight is 618 g/mol. The summed E-state index contributed by atoms with van der Waals surface area (Å²) in [6.07, 6.45) is 1.30. The third kappa shape index (κ3) is 6.29. The van der Waals surface area contributed by atoms with E-state index < -0.39 is 22.3 Å². The molecule has 9 nitrogen and oxygen atoms in total. The number of anilines is 2. The summed E-state index contributed by atoms with van der Waals surface area (Å²) in [4.78, 5) is 52.1. The van der Waals surface area contributed by atoms with E-state index in [0.717, 1.165) is 11.3 Å². The lowest BCUT2D eigenvalue weighted by molar-refractivity contribution is -0.160. The number of fused-ring (bicyclic) bond motifs is 2. The summed E-state index contributed by atoms with van der Waals surface area (Å²) < 4.78 is 1.68. The average Bonchev–Trinajstić information content (AvgIpc) is 3.36. The first-order chi connectivity index (χ1) is 20.5. The van der Waals surface area contributed by atoms with Crippen molar-refractivity contribution in [2.24, 2.45) is 16.2 Å². The highest BCUT2D eigenvalue weighted by molar-refractivity contribution is 6.30. The van der Waals surface area contributed by atoms with E-state index in [1.165, 1.54) is 0 Å². The van der Waals surface area contributed by atoms with E-state index in [-0.39, 0.29) is 35.9 Å². The summed E-state index contributed by atoms with van der Waals surface area (Å²) in [5, 5.41) is 14.2. The molecule has 2 fully saturated rings. The Kier molecular flexibility index (Phi) is 7.99. The maximum absolute atomic E-state index is 13.6. The van der Waals surface area contributed by atoms with Crippen molar-refractivity contribution in [3.05, 3.63) is 70.9 Å². The van der Waals surface area contributed by atoms with E-state index >= 15 is 0 Å². The highest BCUT2D eigenvalue weighted by atomic mass is 35.5. The van der Waals surface area contributed by atoms with Gasteiger partial charge in [0.15, 0.2) is 0 Å². The summed E-state index contributed by atoms with van der Waals surface area (Å²) >= 11 is 5.96. The summed E-state index contributed by atoms with van der Waals surface area (Å²) in [6, 6.07) is 15.8. The SMILES string of the molecule is CC12CC(C)(CC(C)(C(=O)NCc3cccc(-n4nc(C(C)(C)C)cc4NC(=O)Nc4ccc(Cl)cc4)c3)C1)C(=O)CC2=O. The molecule has 44 heavy (non-hydrogen) atoms. The number of carbonyl (C=O) groups is 4. The molecule has 0 aliphatic heterocycles. The molecule has 2 saturated carbocycles. The molecule has 3 N–H and O–H groups in total. The molecule has 232 valence electrons. The van der Waals surface area contributed by atoms with Crippen LogP contribution in [0.3, 0.4) is 0 Å². The van der Waals surface area contributed by atoms with E-state index in [1.54, 1.807) is 28.9 Å². The normalized spacial score (nSPS) is 25.0. The quantitative estimate of drug-likeness (QED) is 0.262. The van der Waals surface area contributed by atoms with Crippen LogP contribution in [0.15, 0.2) is 54.6 Å². The lowest BCUT2D eigenvalue weighted by atomic mass is 9.48. The van der Waals surface area contributed by atoms with Crippen molar-refractivity contribution >= 4 is 46.6 Å². The van der Waals surface area contributed by atoms with Gasteiger partial charge in [0.05, 0.1) is 17.8 Å². The molecule has 2 unspecified atom stereocenters. The van der Waals surface area contributed by atoms with Gasteiger partial charge in [0, 0.05) is 45.0 Å². The van der Waals surface area contributed by atoms with Crippen LogP contribution in [0.2, 0.25) is 5.02 Å². The molecule has 5 rings (SSSR count). The van der Waals surface area contributed by atoms with Gasteiger partial charge in [-0.3, -0.25) is 19.7 Å². The molecule has 3 amide bonds. The van der Waals surface area contributed by atoms with Crippen LogP contribution in [0, 0.1) is 16.2 Å². The number of Topliss-reactive ketones (excluding diaryl/α,β-unsaturated/α-hetero) is 2. The van der Waals surface area contributed by atoms with Crippen molar-refractivity contribution in [3.63, 3.8) is 0 Å². The fourth-order valence-electron chi connectivity index (χ4n) is 6.94. The molecule has 3 aromatic rings. The number of amides is 3. The molecule has 1 aromatic heterocycles. The van der Waals surface area contributed by atoms with Crippen LogP contribution in [0.1, 0.15) is 78.5 Å². The molecule has 2 atom stereocenters. The molecule has 0 saturated heterocycles. The Morgan fingerprint density at radius 2 is 1.55 bits per heavy atom. The fraction of sp³-hybridized carbons (Fsp3) is 0.441. The first-order valence-corrected chi connectivity index (χ1v) is 15.3. The molecule has 2 aliphatic rings. The Bertz CT molecular complexity index is 1610. The first-order valence-electron chi connectivity index (χ1n) is 14.9. The maximum atomic E-state index is 13.6. The smallest absolute Gasteiger partial charge is 0.324 e. The third-order valence-electron chi connectivity index (χ3n) is 8.99. The number of hydrogen-bond acceptors (Lipinski definition) is 5. The van der Waals surface area contributed by atoms with Crippen LogP contribution in [0.4, 0.5) is 16.3 Å². The maximum Gasteiger partial charge on any atom is 0.324 e. The van der Waals surface area contributed by atoms with Gasteiger partial charge >= 0.3 is 6.03 Å². The monoisotopic (exact) mass is 617 g/mol. The number of aromatic nitrogens is 2. The summed E-state index contributed by atoms with van der Waals surface area (Å²) in [5.74, 6) is 0.190. The van der Waals surface area contributed by atoms with Crippen molar-refractivity contribution in [2.45, 2.75) is 79.2 Å². The van der Waals surface area contributed by atoms with Crippen molar-refractivity contribution in [2.75, 3.05) is 10.6 Å². The Labute approximate surface area is 263 Å². The third-order valence-corrected chi connectivity index (χ3v) is 9.24. The van der Waals surface area contributed by atoms with E-state index in [1.807, 2.05) is 71.9 Å². The summed E-state index contributed by atoms with van der Waals surface area (Å²) in [5.41, 5.74) is 0.460. The predicted octanol–water partition coefficient (Wildman–Crippen LogP) is 6.83. The highest BCUT2D eigenvalue weighted by Gasteiger charge is 2.60. The molecule has 2 aromatic carbocycles. The fourth-order valence-corrected chi connectivity index (χ4v) is 7.06. The Morgan fingerprint density at radius 3 is 2.16 bits per heavy atom. The second kappa shape index (κ2) is 11.2. The summed E-state index contributed by atoms with van der Waals surface area (Å²) in [7, 11) is 0. The lowest BCUT2D eigenvalue weighted by Gasteiger charge is -2.53. The number of carbonyl (C=O) groups excluding carboxylic acids is 4. The number of hydrogen-bond donors (Lipinski definition) is 3. The predicted molar refractivity (Wildman–Crippen MR) is 171 cm³/mol. The lowest BCUT2D eigenvalue weighted by Crippen LogP contribution is -2.57. The number of halogens is 1. The number of ketones is 2. The highest BCUT2D eigenvalue weighted by Crippen LogP contribution is 2.58. The number of urea groups is 1. The summed E-state index contributed by atoms with van der Waals surface area (Å²) in [6.45, 7) is 12.0. The first kappa shape index (κ1) is 31.4. The van der Waals surface area contributed by atoms with Gasteiger partial charge < -0.3 is 10.6 Å². The molecule has 0 radical (unpaired) electrons. The van der Waals surface area contributed by atoms with Crippen LogP contribution >= 0.6 is 11.6 Å². The second-order valence-electron chi connectivity index (χ2n) is 14.3. The topological polar surface area (TPSA) is 122 Å². The molecule has 1 heterocycles. The van der Waals surface area contributed by atoms with Crippen molar-refractivity contribution in [3.8, 4) is 5.69 Å². The molecule has 10 heteroatoms.